The Bertz CT molecular complexity index is 1020. The predicted octanol–water partition coefficient (Wildman–Crippen LogP) is 3.69. The van der Waals surface area contributed by atoms with Crippen LogP contribution in [0.1, 0.15) is 21.5 Å². The quantitative estimate of drug-likeness (QED) is 0.597. The summed E-state index contributed by atoms with van der Waals surface area (Å²) >= 11 is 0. The molecular formula is C24H22FNO4. The summed E-state index contributed by atoms with van der Waals surface area (Å²) in [5, 5.41) is 12.3. The number of nitrogens with one attached hydrogen (secondary N) is 1. The molecule has 0 aliphatic rings. The molecule has 30 heavy (non-hydrogen) atoms. The molecule has 0 aromatic heterocycles. The summed E-state index contributed by atoms with van der Waals surface area (Å²) < 4.78 is 18.9. The summed E-state index contributed by atoms with van der Waals surface area (Å²) in [5.74, 6) is -0.612. The average molecular weight is 407 g/mol. The van der Waals surface area contributed by atoms with Gasteiger partial charge in [-0.1, -0.05) is 30.3 Å². The molecule has 0 bridgehead atoms. The number of carbonyl (C=O) groups is 2. The maximum atomic E-state index is 13.7. The topological polar surface area (TPSA) is 75.6 Å². The van der Waals surface area contributed by atoms with E-state index in [-0.39, 0.29) is 30.3 Å². The van der Waals surface area contributed by atoms with Crippen LogP contribution in [0.25, 0.3) is 0 Å². The second kappa shape index (κ2) is 9.69. The third-order valence-corrected chi connectivity index (χ3v) is 4.71. The molecule has 1 atom stereocenters. The number of Topliss-reactive ketones (excluding diaryl/α,β-unsaturated/α-hetero) is 1. The van der Waals surface area contributed by atoms with Crippen LogP contribution in [0.15, 0.2) is 72.8 Å². The van der Waals surface area contributed by atoms with Gasteiger partial charge in [-0.15, -0.1) is 0 Å². The number of phenols is 1. The van der Waals surface area contributed by atoms with Crippen molar-refractivity contribution < 1.29 is 23.8 Å². The zero-order valence-electron chi connectivity index (χ0n) is 16.5. The van der Waals surface area contributed by atoms with Crippen molar-refractivity contribution in [2.24, 2.45) is 0 Å². The Hall–Kier alpha value is -3.67. The van der Waals surface area contributed by atoms with Gasteiger partial charge in [-0.3, -0.25) is 9.59 Å². The number of methoxy groups -OCH3 is 1. The number of rotatable bonds is 8. The summed E-state index contributed by atoms with van der Waals surface area (Å²) in [4.78, 5) is 25.7. The number of hydrogen-bond donors (Lipinski definition) is 2. The van der Waals surface area contributed by atoms with E-state index in [2.05, 4.69) is 5.32 Å². The molecule has 3 aromatic carbocycles. The van der Waals surface area contributed by atoms with E-state index in [0.29, 0.717) is 16.9 Å². The van der Waals surface area contributed by atoms with Crippen LogP contribution < -0.4 is 10.1 Å². The Balaban J connectivity index is 1.84. The molecule has 1 unspecified atom stereocenters. The first-order chi connectivity index (χ1) is 14.5. The fourth-order valence-corrected chi connectivity index (χ4v) is 3.14. The van der Waals surface area contributed by atoms with Crippen molar-refractivity contribution in [3.05, 3.63) is 95.3 Å². The largest absolute Gasteiger partial charge is 0.508 e. The van der Waals surface area contributed by atoms with Crippen molar-refractivity contribution in [2.75, 3.05) is 7.11 Å². The van der Waals surface area contributed by atoms with Crippen LogP contribution in [0.5, 0.6) is 11.5 Å². The number of benzene rings is 3. The van der Waals surface area contributed by atoms with Crippen molar-refractivity contribution in [1.82, 2.24) is 5.32 Å². The zero-order valence-corrected chi connectivity index (χ0v) is 16.5. The molecule has 6 heteroatoms. The van der Waals surface area contributed by atoms with Gasteiger partial charge in [-0.25, -0.2) is 4.39 Å². The van der Waals surface area contributed by atoms with Gasteiger partial charge in [0, 0.05) is 17.5 Å². The van der Waals surface area contributed by atoms with Gasteiger partial charge >= 0.3 is 0 Å². The van der Waals surface area contributed by atoms with Gasteiger partial charge in [0.15, 0.2) is 5.78 Å². The lowest BCUT2D eigenvalue weighted by atomic mass is 9.96. The molecule has 1 amide bonds. The first-order valence-corrected chi connectivity index (χ1v) is 9.45. The lowest BCUT2D eigenvalue weighted by Crippen LogP contribution is -2.43. The van der Waals surface area contributed by atoms with E-state index in [1.165, 1.54) is 37.4 Å². The Morgan fingerprint density at radius 3 is 2.40 bits per heavy atom. The zero-order chi connectivity index (χ0) is 21.5. The third-order valence-electron chi connectivity index (χ3n) is 4.71. The number of ketones is 1. The van der Waals surface area contributed by atoms with E-state index in [1.807, 2.05) is 0 Å². The lowest BCUT2D eigenvalue weighted by molar-refractivity contribution is -0.120. The molecule has 0 aliphatic carbocycles. The number of ether oxygens (including phenoxy) is 1. The standard InChI is InChI=1S/C24H22FNO4/c1-30-23-12-9-19(25)14-18(23)15-22(28)21(13-16-7-10-20(27)11-8-16)26-24(29)17-5-3-2-4-6-17/h2-12,14,21,27H,13,15H2,1H3,(H,26,29). The number of halogens is 1. The third kappa shape index (κ3) is 5.44. The SMILES string of the molecule is COc1ccc(F)cc1CC(=O)C(Cc1ccc(O)cc1)NC(=O)c1ccccc1. The second-order valence-corrected chi connectivity index (χ2v) is 6.86. The minimum absolute atomic E-state index is 0.0985. The normalized spacial score (nSPS) is 11.5. The molecular weight excluding hydrogens is 385 g/mol. The van der Waals surface area contributed by atoms with Gasteiger partial charge in [0.1, 0.15) is 17.3 Å². The van der Waals surface area contributed by atoms with Crippen molar-refractivity contribution in [3.8, 4) is 11.5 Å². The first-order valence-electron chi connectivity index (χ1n) is 9.45. The van der Waals surface area contributed by atoms with E-state index < -0.39 is 11.9 Å². The molecule has 154 valence electrons. The summed E-state index contributed by atoms with van der Waals surface area (Å²) in [5.41, 5.74) is 1.61. The summed E-state index contributed by atoms with van der Waals surface area (Å²) in [6, 6.07) is 18.2. The monoisotopic (exact) mass is 407 g/mol. The highest BCUT2D eigenvalue weighted by molar-refractivity contribution is 5.98. The Morgan fingerprint density at radius 1 is 1.03 bits per heavy atom. The molecule has 0 radical (unpaired) electrons. The number of hydrogen-bond acceptors (Lipinski definition) is 4. The molecule has 0 saturated heterocycles. The minimum atomic E-state index is -0.838. The van der Waals surface area contributed by atoms with E-state index >= 15 is 0 Å². The van der Waals surface area contributed by atoms with Crippen molar-refractivity contribution in [1.29, 1.82) is 0 Å². The molecule has 3 rings (SSSR count). The lowest BCUT2D eigenvalue weighted by Gasteiger charge is -2.19. The van der Waals surface area contributed by atoms with Crippen LogP contribution in [0.3, 0.4) is 0 Å². The Morgan fingerprint density at radius 2 is 1.73 bits per heavy atom. The van der Waals surface area contributed by atoms with Gasteiger partial charge in [-0.05, 0) is 54.4 Å². The smallest absolute Gasteiger partial charge is 0.251 e. The molecule has 2 N–H and O–H groups in total. The van der Waals surface area contributed by atoms with Gasteiger partial charge in [0.2, 0.25) is 0 Å². The maximum absolute atomic E-state index is 13.7. The molecule has 3 aromatic rings. The van der Waals surface area contributed by atoms with E-state index in [4.69, 9.17) is 4.74 Å². The molecule has 0 saturated carbocycles. The minimum Gasteiger partial charge on any atom is -0.508 e. The van der Waals surface area contributed by atoms with Gasteiger partial charge in [0.05, 0.1) is 13.2 Å². The summed E-state index contributed by atoms with van der Waals surface area (Å²) in [6.45, 7) is 0. The van der Waals surface area contributed by atoms with Crippen LogP contribution in [0.2, 0.25) is 0 Å². The highest BCUT2D eigenvalue weighted by Crippen LogP contribution is 2.21. The van der Waals surface area contributed by atoms with E-state index in [9.17, 15) is 19.1 Å². The molecule has 0 fully saturated rings. The molecule has 0 heterocycles. The number of carbonyl (C=O) groups excluding carboxylic acids is 2. The van der Waals surface area contributed by atoms with Crippen LogP contribution in [0, 0.1) is 5.82 Å². The van der Waals surface area contributed by atoms with Crippen molar-refractivity contribution in [3.63, 3.8) is 0 Å². The Kier molecular flexibility index (Phi) is 6.80. The number of amides is 1. The van der Waals surface area contributed by atoms with E-state index in [0.717, 1.165) is 5.56 Å². The van der Waals surface area contributed by atoms with Gasteiger partial charge < -0.3 is 15.2 Å². The summed E-state index contributed by atoms with van der Waals surface area (Å²) in [7, 11) is 1.45. The maximum Gasteiger partial charge on any atom is 0.251 e. The molecule has 0 aliphatic heterocycles. The second-order valence-electron chi connectivity index (χ2n) is 6.86. The number of aromatic hydroxyl groups is 1. The average Bonchev–Trinajstić information content (AvgIpc) is 2.75. The van der Waals surface area contributed by atoms with Crippen LogP contribution in [-0.2, 0) is 17.6 Å². The Labute approximate surface area is 174 Å². The van der Waals surface area contributed by atoms with Crippen LogP contribution in [0.4, 0.5) is 4.39 Å². The summed E-state index contributed by atoms with van der Waals surface area (Å²) in [6.07, 6.45) is 0.133. The van der Waals surface area contributed by atoms with Crippen LogP contribution >= 0.6 is 0 Å². The highest BCUT2D eigenvalue weighted by Gasteiger charge is 2.23. The van der Waals surface area contributed by atoms with Crippen LogP contribution in [-0.4, -0.2) is 29.9 Å². The highest BCUT2D eigenvalue weighted by atomic mass is 19.1. The number of phenolic OH excluding ortho intramolecular Hbond substituents is 1. The van der Waals surface area contributed by atoms with Crippen molar-refractivity contribution in [2.45, 2.75) is 18.9 Å². The van der Waals surface area contributed by atoms with Gasteiger partial charge in [-0.2, -0.15) is 0 Å². The fourth-order valence-electron chi connectivity index (χ4n) is 3.14. The molecule has 0 spiro atoms. The van der Waals surface area contributed by atoms with Gasteiger partial charge in [0.25, 0.3) is 5.91 Å². The molecule has 5 nitrogen and oxygen atoms in total. The predicted molar refractivity (Wildman–Crippen MR) is 111 cm³/mol. The first kappa shape index (κ1) is 21.0. The van der Waals surface area contributed by atoms with Crippen molar-refractivity contribution >= 4 is 11.7 Å². The fraction of sp³-hybridized carbons (Fsp3) is 0.167. The van der Waals surface area contributed by atoms with E-state index in [1.54, 1.807) is 42.5 Å².